The van der Waals surface area contributed by atoms with Gasteiger partial charge in [-0.3, -0.25) is 0 Å². The fourth-order valence-corrected chi connectivity index (χ4v) is 2.19. The van der Waals surface area contributed by atoms with Crippen molar-refractivity contribution in [3.63, 3.8) is 0 Å². The Labute approximate surface area is 124 Å². The van der Waals surface area contributed by atoms with E-state index in [1.807, 2.05) is 79.0 Å². The number of rotatable bonds is 4. The van der Waals surface area contributed by atoms with Crippen LogP contribution in [-0.2, 0) is 0 Å². The van der Waals surface area contributed by atoms with E-state index in [4.69, 9.17) is 5.73 Å². The number of para-hydroxylation sites is 1. The van der Waals surface area contributed by atoms with Gasteiger partial charge in [-0.2, -0.15) is 0 Å². The number of aromatic nitrogens is 1. The number of hydrogen-bond acceptors (Lipinski definition) is 3. The maximum Gasteiger partial charge on any atom is 0.130 e. The van der Waals surface area contributed by atoms with Crippen molar-refractivity contribution in [2.75, 3.05) is 5.32 Å². The molecule has 1 aromatic heterocycles. The van der Waals surface area contributed by atoms with Crippen molar-refractivity contribution in [2.45, 2.75) is 6.04 Å². The van der Waals surface area contributed by atoms with Crippen LogP contribution in [0.4, 0.5) is 11.5 Å². The molecule has 3 N–H and O–H groups in total. The second-order valence-corrected chi connectivity index (χ2v) is 4.86. The lowest BCUT2D eigenvalue weighted by atomic mass is 10.0. The summed E-state index contributed by atoms with van der Waals surface area (Å²) in [7, 11) is 0. The molecule has 3 heteroatoms. The van der Waals surface area contributed by atoms with Gasteiger partial charge in [0.2, 0.25) is 0 Å². The quantitative estimate of drug-likeness (QED) is 0.760. The molecule has 1 atom stereocenters. The highest BCUT2D eigenvalue weighted by Crippen LogP contribution is 2.20. The first-order chi connectivity index (χ1) is 10.3. The summed E-state index contributed by atoms with van der Waals surface area (Å²) < 4.78 is 0. The van der Waals surface area contributed by atoms with E-state index in [0.29, 0.717) is 0 Å². The molecule has 0 spiro atoms. The van der Waals surface area contributed by atoms with Crippen molar-refractivity contribution in [1.82, 2.24) is 4.98 Å². The Hall–Kier alpha value is -2.65. The largest absolute Gasteiger partial charge is 0.340 e. The second-order valence-electron chi connectivity index (χ2n) is 4.86. The summed E-state index contributed by atoms with van der Waals surface area (Å²) in [5.74, 6) is 0.810. The normalized spacial score (nSPS) is 11.9. The van der Waals surface area contributed by atoms with Gasteiger partial charge in [0.1, 0.15) is 5.82 Å². The predicted molar refractivity (Wildman–Crippen MR) is 86.4 cm³/mol. The van der Waals surface area contributed by atoms with E-state index in [0.717, 1.165) is 22.6 Å². The molecule has 0 aliphatic rings. The van der Waals surface area contributed by atoms with E-state index >= 15 is 0 Å². The van der Waals surface area contributed by atoms with Gasteiger partial charge >= 0.3 is 0 Å². The van der Waals surface area contributed by atoms with Gasteiger partial charge in [0.25, 0.3) is 0 Å². The minimum atomic E-state index is -0.149. The SMILES string of the molecule is N[C@@H](c1ccccc1)c1ccc(Nc2ccccc2)nc1. The van der Waals surface area contributed by atoms with Crippen LogP contribution in [0.5, 0.6) is 0 Å². The average molecular weight is 275 g/mol. The molecule has 0 unspecified atom stereocenters. The first kappa shape index (κ1) is 13.3. The van der Waals surface area contributed by atoms with Crippen molar-refractivity contribution in [3.05, 3.63) is 90.1 Å². The third-order valence-corrected chi connectivity index (χ3v) is 3.35. The number of pyridine rings is 1. The Bertz CT molecular complexity index is 679. The Morgan fingerprint density at radius 1 is 0.762 bits per heavy atom. The summed E-state index contributed by atoms with van der Waals surface area (Å²) in [5.41, 5.74) is 9.36. The molecule has 2 aromatic carbocycles. The summed E-state index contributed by atoms with van der Waals surface area (Å²) in [4.78, 5) is 4.43. The van der Waals surface area contributed by atoms with Gasteiger partial charge < -0.3 is 11.1 Å². The van der Waals surface area contributed by atoms with E-state index in [2.05, 4.69) is 10.3 Å². The zero-order valence-corrected chi connectivity index (χ0v) is 11.6. The third kappa shape index (κ3) is 3.27. The molecule has 3 aromatic rings. The topological polar surface area (TPSA) is 50.9 Å². The Balaban J connectivity index is 1.75. The highest BCUT2D eigenvalue weighted by molar-refractivity contribution is 5.55. The number of hydrogen-bond donors (Lipinski definition) is 2. The number of nitrogens with two attached hydrogens (primary N) is 1. The molecule has 0 aliphatic heterocycles. The lowest BCUT2D eigenvalue weighted by Crippen LogP contribution is -2.12. The second kappa shape index (κ2) is 6.20. The van der Waals surface area contributed by atoms with E-state index in [9.17, 15) is 0 Å². The molecular formula is C18H17N3. The van der Waals surface area contributed by atoms with Crippen LogP contribution in [0.1, 0.15) is 17.2 Å². The third-order valence-electron chi connectivity index (χ3n) is 3.35. The molecule has 1 heterocycles. The van der Waals surface area contributed by atoms with Crippen molar-refractivity contribution in [3.8, 4) is 0 Å². The van der Waals surface area contributed by atoms with Gasteiger partial charge in [-0.05, 0) is 29.3 Å². The highest BCUT2D eigenvalue weighted by atomic mass is 15.0. The Morgan fingerprint density at radius 3 is 2.05 bits per heavy atom. The molecule has 104 valence electrons. The maximum absolute atomic E-state index is 6.26. The van der Waals surface area contributed by atoms with Gasteiger partial charge in [-0.1, -0.05) is 54.6 Å². The molecular weight excluding hydrogens is 258 g/mol. The van der Waals surface area contributed by atoms with Crippen molar-refractivity contribution in [1.29, 1.82) is 0 Å². The van der Waals surface area contributed by atoms with Crippen LogP contribution in [0, 0.1) is 0 Å². The van der Waals surface area contributed by atoms with E-state index in [-0.39, 0.29) is 6.04 Å². The molecule has 0 fully saturated rings. The monoisotopic (exact) mass is 275 g/mol. The summed E-state index contributed by atoms with van der Waals surface area (Å²) >= 11 is 0. The summed E-state index contributed by atoms with van der Waals surface area (Å²) in [6.45, 7) is 0. The maximum atomic E-state index is 6.26. The van der Waals surface area contributed by atoms with Crippen LogP contribution in [0.2, 0.25) is 0 Å². The van der Waals surface area contributed by atoms with Gasteiger partial charge in [0.15, 0.2) is 0 Å². The fourth-order valence-electron chi connectivity index (χ4n) is 2.19. The lowest BCUT2D eigenvalue weighted by molar-refractivity contribution is 0.864. The standard InChI is InChI=1S/C18H17N3/c19-18(14-7-3-1-4-8-14)15-11-12-17(20-13-15)21-16-9-5-2-6-10-16/h1-13,18H,19H2,(H,20,21)/t18-/m0/s1. The molecule has 0 saturated heterocycles. The van der Waals surface area contributed by atoms with Crippen LogP contribution >= 0.6 is 0 Å². The average Bonchev–Trinajstić information content (AvgIpc) is 2.57. The van der Waals surface area contributed by atoms with Crippen molar-refractivity contribution < 1.29 is 0 Å². The molecule has 3 nitrogen and oxygen atoms in total. The minimum absolute atomic E-state index is 0.149. The van der Waals surface area contributed by atoms with E-state index in [1.165, 1.54) is 0 Å². The van der Waals surface area contributed by atoms with Crippen LogP contribution in [-0.4, -0.2) is 4.98 Å². The molecule has 3 rings (SSSR count). The lowest BCUT2D eigenvalue weighted by Gasteiger charge is -2.13. The predicted octanol–water partition coefficient (Wildman–Crippen LogP) is 3.87. The molecule has 0 radical (unpaired) electrons. The molecule has 0 saturated carbocycles. The van der Waals surface area contributed by atoms with Gasteiger partial charge in [0.05, 0.1) is 6.04 Å². The summed E-state index contributed by atoms with van der Waals surface area (Å²) in [6.07, 6.45) is 1.82. The van der Waals surface area contributed by atoms with Crippen LogP contribution in [0.15, 0.2) is 79.0 Å². The Morgan fingerprint density at radius 2 is 1.43 bits per heavy atom. The molecule has 0 bridgehead atoms. The molecule has 0 aliphatic carbocycles. The van der Waals surface area contributed by atoms with Crippen LogP contribution in [0.25, 0.3) is 0 Å². The number of benzene rings is 2. The zero-order chi connectivity index (χ0) is 14.5. The number of nitrogens with zero attached hydrogens (tertiary/aromatic N) is 1. The number of anilines is 2. The Kier molecular flexibility index (Phi) is 3.94. The van der Waals surface area contributed by atoms with Crippen LogP contribution < -0.4 is 11.1 Å². The van der Waals surface area contributed by atoms with Gasteiger partial charge in [-0.25, -0.2) is 4.98 Å². The fraction of sp³-hybridized carbons (Fsp3) is 0.0556. The van der Waals surface area contributed by atoms with Crippen molar-refractivity contribution >= 4 is 11.5 Å². The van der Waals surface area contributed by atoms with Crippen molar-refractivity contribution in [2.24, 2.45) is 5.73 Å². The molecule has 21 heavy (non-hydrogen) atoms. The van der Waals surface area contributed by atoms with Gasteiger partial charge in [-0.15, -0.1) is 0 Å². The van der Waals surface area contributed by atoms with Gasteiger partial charge in [0, 0.05) is 11.9 Å². The summed E-state index contributed by atoms with van der Waals surface area (Å²) in [6, 6.07) is 23.8. The summed E-state index contributed by atoms with van der Waals surface area (Å²) in [5, 5.41) is 3.26. The molecule has 0 amide bonds. The van der Waals surface area contributed by atoms with E-state index < -0.39 is 0 Å². The first-order valence-electron chi connectivity index (χ1n) is 6.91. The highest BCUT2D eigenvalue weighted by Gasteiger charge is 2.08. The zero-order valence-electron chi connectivity index (χ0n) is 11.6. The number of nitrogens with one attached hydrogen (secondary N) is 1. The van der Waals surface area contributed by atoms with Crippen LogP contribution in [0.3, 0.4) is 0 Å². The smallest absolute Gasteiger partial charge is 0.130 e. The minimum Gasteiger partial charge on any atom is -0.340 e. The first-order valence-corrected chi connectivity index (χ1v) is 6.91. The van der Waals surface area contributed by atoms with E-state index in [1.54, 1.807) is 0 Å².